The molecule has 1 amide bonds. The van der Waals surface area contributed by atoms with Gasteiger partial charge in [-0.1, -0.05) is 23.2 Å². The number of halogens is 2. The van der Waals surface area contributed by atoms with Gasteiger partial charge in [0, 0.05) is 19.2 Å². The molecule has 0 unspecified atom stereocenters. The molecule has 0 bridgehead atoms. The smallest absolute Gasteiger partial charge is 0.253 e. The highest BCUT2D eigenvalue weighted by Gasteiger charge is 2.14. The summed E-state index contributed by atoms with van der Waals surface area (Å²) >= 11 is 11.8. The highest BCUT2D eigenvalue weighted by Crippen LogP contribution is 2.29. The third-order valence-corrected chi connectivity index (χ3v) is 3.22. The average molecular weight is 290 g/mol. The van der Waals surface area contributed by atoms with Crippen LogP contribution in [-0.2, 0) is 0 Å². The topological polar surface area (TPSA) is 58.4 Å². The normalized spacial score (nSPS) is 10.4. The first-order chi connectivity index (χ1) is 8.47. The lowest BCUT2D eigenvalue weighted by Gasteiger charge is -2.17. The van der Waals surface area contributed by atoms with Gasteiger partial charge in [0.15, 0.2) is 0 Å². The SMILES string of the molecule is CNCCCN(C)C(=O)c1cc(Cl)c(N)c(Cl)c1. The van der Waals surface area contributed by atoms with E-state index in [0.29, 0.717) is 27.8 Å². The van der Waals surface area contributed by atoms with E-state index in [0.717, 1.165) is 13.0 Å². The number of carbonyl (C=O) groups is 1. The molecule has 0 aliphatic heterocycles. The molecule has 18 heavy (non-hydrogen) atoms. The highest BCUT2D eigenvalue weighted by molar-refractivity contribution is 6.39. The van der Waals surface area contributed by atoms with Gasteiger partial charge in [-0.05, 0) is 32.1 Å². The lowest BCUT2D eigenvalue weighted by molar-refractivity contribution is 0.0794. The Morgan fingerprint density at radius 3 is 2.44 bits per heavy atom. The Labute approximate surface area is 117 Å². The molecule has 0 fully saturated rings. The van der Waals surface area contributed by atoms with Crippen LogP contribution in [0.2, 0.25) is 10.0 Å². The van der Waals surface area contributed by atoms with E-state index in [2.05, 4.69) is 5.32 Å². The standard InChI is InChI=1S/C12H17Cl2N3O/c1-16-4-3-5-17(2)12(18)8-6-9(13)11(15)10(14)7-8/h6-7,16H,3-5,15H2,1-2H3. The third kappa shape index (κ3) is 3.77. The molecule has 4 nitrogen and oxygen atoms in total. The van der Waals surface area contributed by atoms with E-state index in [1.165, 1.54) is 0 Å². The molecule has 0 aromatic heterocycles. The van der Waals surface area contributed by atoms with Gasteiger partial charge in [-0.2, -0.15) is 0 Å². The zero-order valence-corrected chi connectivity index (χ0v) is 12.0. The fourth-order valence-corrected chi connectivity index (χ4v) is 2.01. The van der Waals surface area contributed by atoms with Crippen LogP contribution in [0.1, 0.15) is 16.8 Å². The van der Waals surface area contributed by atoms with E-state index in [1.54, 1.807) is 24.1 Å². The first kappa shape index (κ1) is 15.1. The number of amides is 1. The number of nitrogens with two attached hydrogens (primary N) is 1. The summed E-state index contributed by atoms with van der Waals surface area (Å²) < 4.78 is 0. The highest BCUT2D eigenvalue weighted by atomic mass is 35.5. The van der Waals surface area contributed by atoms with Gasteiger partial charge in [-0.3, -0.25) is 4.79 Å². The molecule has 100 valence electrons. The number of hydrogen-bond acceptors (Lipinski definition) is 3. The second-order valence-corrected chi connectivity index (χ2v) is 4.85. The van der Waals surface area contributed by atoms with E-state index in [1.807, 2.05) is 7.05 Å². The second kappa shape index (κ2) is 6.83. The minimum atomic E-state index is -0.116. The van der Waals surface area contributed by atoms with Crippen molar-refractivity contribution in [1.29, 1.82) is 0 Å². The number of anilines is 1. The molecule has 0 heterocycles. The van der Waals surface area contributed by atoms with Crippen molar-refractivity contribution in [2.24, 2.45) is 0 Å². The van der Waals surface area contributed by atoms with Crippen molar-refractivity contribution < 1.29 is 4.79 Å². The number of rotatable bonds is 5. The summed E-state index contributed by atoms with van der Waals surface area (Å²) in [5, 5.41) is 3.63. The van der Waals surface area contributed by atoms with E-state index < -0.39 is 0 Å². The molecule has 1 aromatic carbocycles. The molecule has 0 aliphatic carbocycles. The Morgan fingerprint density at radius 1 is 1.39 bits per heavy atom. The van der Waals surface area contributed by atoms with Crippen molar-refractivity contribution >= 4 is 34.8 Å². The Hall–Kier alpha value is -0.970. The molecule has 0 spiro atoms. The monoisotopic (exact) mass is 289 g/mol. The summed E-state index contributed by atoms with van der Waals surface area (Å²) in [5.41, 5.74) is 6.38. The summed E-state index contributed by atoms with van der Waals surface area (Å²) in [4.78, 5) is 13.7. The molecule has 0 saturated heterocycles. The molecular formula is C12H17Cl2N3O. The number of benzene rings is 1. The van der Waals surface area contributed by atoms with E-state index in [9.17, 15) is 4.79 Å². The Bertz CT molecular complexity index is 414. The Morgan fingerprint density at radius 2 is 1.94 bits per heavy atom. The number of nitrogens with one attached hydrogen (secondary N) is 1. The van der Waals surface area contributed by atoms with Crippen LogP contribution in [0.25, 0.3) is 0 Å². The van der Waals surface area contributed by atoms with Gasteiger partial charge < -0.3 is 16.0 Å². The first-order valence-electron chi connectivity index (χ1n) is 5.62. The lowest BCUT2D eigenvalue weighted by Crippen LogP contribution is -2.29. The van der Waals surface area contributed by atoms with Crippen LogP contribution >= 0.6 is 23.2 Å². The summed E-state index contributed by atoms with van der Waals surface area (Å²) in [7, 11) is 3.62. The van der Waals surface area contributed by atoms with E-state index >= 15 is 0 Å². The second-order valence-electron chi connectivity index (χ2n) is 4.04. The van der Waals surface area contributed by atoms with Crippen LogP contribution in [0.15, 0.2) is 12.1 Å². The van der Waals surface area contributed by atoms with Crippen LogP contribution in [0.5, 0.6) is 0 Å². The molecule has 6 heteroatoms. The number of hydrogen-bond donors (Lipinski definition) is 2. The van der Waals surface area contributed by atoms with Crippen molar-refractivity contribution in [2.75, 3.05) is 32.9 Å². The summed E-state index contributed by atoms with van der Waals surface area (Å²) in [6.45, 7) is 1.53. The molecule has 1 rings (SSSR count). The van der Waals surface area contributed by atoms with Crippen molar-refractivity contribution in [1.82, 2.24) is 10.2 Å². The molecule has 0 radical (unpaired) electrons. The lowest BCUT2D eigenvalue weighted by atomic mass is 10.2. The molecule has 1 aromatic rings. The van der Waals surface area contributed by atoms with Crippen LogP contribution in [0, 0.1) is 0 Å². The predicted molar refractivity (Wildman–Crippen MR) is 76.4 cm³/mol. The third-order valence-electron chi connectivity index (χ3n) is 2.59. The Kier molecular flexibility index (Phi) is 5.72. The van der Waals surface area contributed by atoms with Gasteiger partial charge in [0.2, 0.25) is 0 Å². The van der Waals surface area contributed by atoms with Gasteiger partial charge in [-0.15, -0.1) is 0 Å². The minimum absolute atomic E-state index is 0.116. The quantitative estimate of drug-likeness (QED) is 0.646. The van der Waals surface area contributed by atoms with Gasteiger partial charge in [-0.25, -0.2) is 0 Å². The van der Waals surface area contributed by atoms with Crippen molar-refractivity contribution in [2.45, 2.75) is 6.42 Å². The maximum Gasteiger partial charge on any atom is 0.253 e. The fraction of sp³-hybridized carbons (Fsp3) is 0.417. The molecule has 0 saturated carbocycles. The van der Waals surface area contributed by atoms with Crippen LogP contribution in [-0.4, -0.2) is 38.0 Å². The van der Waals surface area contributed by atoms with Crippen molar-refractivity contribution in [3.63, 3.8) is 0 Å². The zero-order chi connectivity index (χ0) is 13.7. The fourth-order valence-electron chi connectivity index (χ4n) is 1.52. The molecule has 0 aliphatic rings. The van der Waals surface area contributed by atoms with E-state index in [-0.39, 0.29) is 5.91 Å². The molecule has 3 N–H and O–H groups in total. The maximum absolute atomic E-state index is 12.1. The van der Waals surface area contributed by atoms with Crippen LogP contribution in [0.3, 0.4) is 0 Å². The van der Waals surface area contributed by atoms with Gasteiger partial charge >= 0.3 is 0 Å². The summed E-state index contributed by atoms with van der Waals surface area (Å²) in [6, 6.07) is 3.08. The average Bonchev–Trinajstić information content (AvgIpc) is 2.34. The van der Waals surface area contributed by atoms with Gasteiger partial charge in [0.25, 0.3) is 5.91 Å². The van der Waals surface area contributed by atoms with Gasteiger partial charge in [0.1, 0.15) is 0 Å². The number of carbonyl (C=O) groups excluding carboxylic acids is 1. The largest absolute Gasteiger partial charge is 0.396 e. The van der Waals surface area contributed by atoms with E-state index in [4.69, 9.17) is 28.9 Å². The summed E-state index contributed by atoms with van der Waals surface area (Å²) in [6.07, 6.45) is 0.884. The summed E-state index contributed by atoms with van der Waals surface area (Å²) in [5.74, 6) is -0.116. The minimum Gasteiger partial charge on any atom is -0.396 e. The number of nitrogen functional groups attached to an aromatic ring is 1. The zero-order valence-electron chi connectivity index (χ0n) is 10.5. The first-order valence-corrected chi connectivity index (χ1v) is 6.37. The van der Waals surface area contributed by atoms with Crippen LogP contribution < -0.4 is 11.1 Å². The van der Waals surface area contributed by atoms with Crippen LogP contribution in [0.4, 0.5) is 5.69 Å². The number of nitrogens with zero attached hydrogens (tertiary/aromatic N) is 1. The Balaban J connectivity index is 2.77. The maximum atomic E-state index is 12.1. The van der Waals surface area contributed by atoms with Crippen molar-refractivity contribution in [3.8, 4) is 0 Å². The molecule has 0 atom stereocenters. The van der Waals surface area contributed by atoms with Gasteiger partial charge in [0.05, 0.1) is 15.7 Å². The predicted octanol–water partition coefficient (Wildman–Crippen LogP) is 2.26. The van der Waals surface area contributed by atoms with Crippen molar-refractivity contribution in [3.05, 3.63) is 27.7 Å². The molecular weight excluding hydrogens is 273 g/mol.